The van der Waals surface area contributed by atoms with Crippen LogP contribution in [-0.2, 0) is 6.54 Å². The standard InChI is InChI=1S/C12H12BrClN2O/c1-7-9(8(2)17-16-7)6-15-11-5-3-4-10(14)12(11)13/h3-5,15H,6H2,1-2H3. The van der Waals surface area contributed by atoms with E-state index >= 15 is 0 Å². The van der Waals surface area contributed by atoms with Gasteiger partial charge in [0.25, 0.3) is 0 Å². The summed E-state index contributed by atoms with van der Waals surface area (Å²) in [7, 11) is 0. The Bertz CT molecular complexity index is 520. The first-order valence-corrected chi connectivity index (χ1v) is 6.36. The molecule has 0 fully saturated rings. The van der Waals surface area contributed by atoms with Gasteiger partial charge in [0.2, 0.25) is 0 Å². The van der Waals surface area contributed by atoms with Crippen LogP contribution in [0.5, 0.6) is 0 Å². The molecule has 1 aromatic carbocycles. The van der Waals surface area contributed by atoms with Crippen LogP contribution in [-0.4, -0.2) is 5.16 Å². The highest BCUT2D eigenvalue weighted by atomic mass is 79.9. The Morgan fingerprint density at radius 2 is 2.18 bits per heavy atom. The van der Waals surface area contributed by atoms with E-state index in [1.54, 1.807) is 0 Å². The third kappa shape index (κ3) is 2.64. The minimum absolute atomic E-state index is 0.667. The van der Waals surface area contributed by atoms with Gasteiger partial charge in [0.05, 0.1) is 20.9 Å². The van der Waals surface area contributed by atoms with Crippen molar-refractivity contribution < 1.29 is 4.52 Å². The molecule has 0 atom stereocenters. The number of aromatic nitrogens is 1. The number of rotatable bonds is 3. The first-order chi connectivity index (χ1) is 8.09. The molecule has 0 aliphatic heterocycles. The highest BCUT2D eigenvalue weighted by molar-refractivity contribution is 9.10. The van der Waals surface area contributed by atoms with Gasteiger partial charge in [-0.15, -0.1) is 0 Å². The summed E-state index contributed by atoms with van der Waals surface area (Å²) in [4.78, 5) is 0. The maximum absolute atomic E-state index is 6.02. The zero-order chi connectivity index (χ0) is 12.4. The summed E-state index contributed by atoms with van der Waals surface area (Å²) in [6.07, 6.45) is 0. The van der Waals surface area contributed by atoms with Crippen molar-refractivity contribution >= 4 is 33.2 Å². The van der Waals surface area contributed by atoms with Gasteiger partial charge in [0, 0.05) is 12.1 Å². The summed E-state index contributed by atoms with van der Waals surface area (Å²) >= 11 is 9.47. The predicted molar refractivity (Wildman–Crippen MR) is 72.5 cm³/mol. The van der Waals surface area contributed by atoms with E-state index in [1.165, 1.54) is 0 Å². The van der Waals surface area contributed by atoms with Crippen molar-refractivity contribution in [1.82, 2.24) is 5.16 Å². The van der Waals surface area contributed by atoms with Gasteiger partial charge in [0.15, 0.2) is 0 Å². The lowest BCUT2D eigenvalue weighted by molar-refractivity contribution is 0.392. The zero-order valence-electron chi connectivity index (χ0n) is 9.55. The highest BCUT2D eigenvalue weighted by Gasteiger charge is 2.09. The second kappa shape index (κ2) is 5.10. The third-order valence-corrected chi connectivity index (χ3v) is 3.99. The first kappa shape index (κ1) is 12.5. The molecule has 2 aromatic rings. The molecule has 0 unspecified atom stereocenters. The van der Waals surface area contributed by atoms with Crippen molar-refractivity contribution in [3.05, 3.63) is 44.7 Å². The Morgan fingerprint density at radius 3 is 2.82 bits per heavy atom. The maximum Gasteiger partial charge on any atom is 0.138 e. The normalized spacial score (nSPS) is 10.6. The topological polar surface area (TPSA) is 38.1 Å². The number of nitrogens with one attached hydrogen (secondary N) is 1. The van der Waals surface area contributed by atoms with Gasteiger partial charge in [-0.25, -0.2) is 0 Å². The van der Waals surface area contributed by atoms with Gasteiger partial charge in [0.1, 0.15) is 5.76 Å². The Balaban J connectivity index is 2.15. The molecule has 0 bridgehead atoms. The number of anilines is 1. The molecule has 3 nitrogen and oxygen atoms in total. The number of benzene rings is 1. The van der Waals surface area contributed by atoms with Gasteiger partial charge < -0.3 is 9.84 Å². The number of halogens is 2. The highest BCUT2D eigenvalue weighted by Crippen LogP contribution is 2.30. The average molecular weight is 316 g/mol. The van der Waals surface area contributed by atoms with Crippen molar-refractivity contribution in [2.45, 2.75) is 20.4 Å². The van der Waals surface area contributed by atoms with Gasteiger partial charge in [-0.05, 0) is 41.9 Å². The van der Waals surface area contributed by atoms with Gasteiger partial charge >= 0.3 is 0 Å². The summed E-state index contributed by atoms with van der Waals surface area (Å²) in [6.45, 7) is 4.50. The largest absolute Gasteiger partial charge is 0.380 e. The maximum atomic E-state index is 6.02. The minimum Gasteiger partial charge on any atom is -0.380 e. The molecule has 0 spiro atoms. The minimum atomic E-state index is 0.667. The SMILES string of the molecule is Cc1noc(C)c1CNc1cccc(Cl)c1Br. The van der Waals surface area contributed by atoms with E-state index in [1.807, 2.05) is 32.0 Å². The predicted octanol–water partition coefficient (Wildman–Crippen LogP) is 4.32. The zero-order valence-corrected chi connectivity index (χ0v) is 11.9. The molecule has 1 N–H and O–H groups in total. The number of aryl methyl sites for hydroxylation is 2. The second-order valence-electron chi connectivity index (χ2n) is 3.76. The summed E-state index contributed by atoms with van der Waals surface area (Å²) in [5.74, 6) is 0.841. The van der Waals surface area contributed by atoms with Crippen LogP contribution >= 0.6 is 27.5 Å². The van der Waals surface area contributed by atoms with E-state index in [9.17, 15) is 0 Å². The summed E-state index contributed by atoms with van der Waals surface area (Å²) in [6, 6.07) is 5.71. The second-order valence-corrected chi connectivity index (χ2v) is 4.96. The van der Waals surface area contributed by atoms with Crippen LogP contribution in [0.1, 0.15) is 17.0 Å². The molecule has 0 radical (unpaired) electrons. The molecular formula is C12H12BrClN2O. The smallest absolute Gasteiger partial charge is 0.138 e. The molecule has 2 rings (SSSR count). The molecule has 1 heterocycles. The van der Waals surface area contributed by atoms with Gasteiger partial charge in [-0.3, -0.25) is 0 Å². The number of nitrogens with zero attached hydrogens (tertiary/aromatic N) is 1. The molecule has 0 saturated carbocycles. The summed E-state index contributed by atoms with van der Waals surface area (Å²) in [5, 5.41) is 7.91. The third-order valence-electron chi connectivity index (χ3n) is 2.59. The fraction of sp³-hybridized carbons (Fsp3) is 0.250. The van der Waals surface area contributed by atoms with E-state index in [0.29, 0.717) is 11.6 Å². The molecular weight excluding hydrogens is 304 g/mol. The molecule has 5 heteroatoms. The monoisotopic (exact) mass is 314 g/mol. The van der Waals surface area contributed by atoms with Crippen molar-refractivity contribution in [2.24, 2.45) is 0 Å². The summed E-state index contributed by atoms with van der Waals surface area (Å²) in [5.41, 5.74) is 2.95. The van der Waals surface area contributed by atoms with E-state index in [4.69, 9.17) is 16.1 Å². The Morgan fingerprint density at radius 1 is 1.41 bits per heavy atom. The van der Waals surface area contributed by atoms with Gasteiger partial charge in [-0.1, -0.05) is 22.8 Å². The number of hydrogen-bond donors (Lipinski definition) is 1. The lowest BCUT2D eigenvalue weighted by Crippen LogP contribution is -2.02. The average Bonchev–Trinajstić information content (AvgIpc) is 2.62. The van der Waals surface area contributed by atoms with Crippen LogP contribution in [0.15, 0.2) is 27.2 Å². The quantitative estimate of drug-likeness (QED) is 0.916. The van der Waals surface area contributed by atoms with Crippen molar-refractivity contribution in [2.75, 3.05) is 5.32 Å². The van der Waals surface area contributed by atoms with Crippen LogP contribution in [0.2, 0.25) is 5.02 Å². The molecule has 0 amide bonds. The van der Waals surface area contributed by atoms with Crippen LogP contribution in [0.3, 0.4) is 0 Å². The molecule has 0 aliphatic rings. The fourth-order valence-corrected chi connectivity index (χ4v) is 2.16. The van der Waals surface area contributed by atoms with Crippen molar-refractivity contribution in [3.63, 3.8) is 0 Å². The van der Waals surface area contributed by atoms with E-state index in [2.05, 4.69) is 26.4 Å². The first-order valence-electron chi connectivity index (χ1n) is 5.19. The molecule has 0 aliphatic carbocycles. The van der Waals surface area contributed by atoms with Crippen LogP contribution < -0.4 is 5.32 Å². The van der Waals surface area contributed by atoms with Gasteiger partial charge in [-0.2, -0.15) is 0 Å². The fourth-order valence-electron chi connectivity index (χ4n) is 1.58. The lowest BCUT2D eigenvalue weighted by Gasteiger charge is -2.09. The Labute approximate surface area is 113 Å². The van der Waals surface area contributed by atoms with Crippen LogP contribution in [0, 0.1) is 13.8 Å². The summed E-state index contributed by atoms with van der Waals surface area (Å²) < 4.78 is 5.98. The lowest BCUT2D eigenvalue weighted by atomic mass is 10.2. The van der Waals surface area contributed by atoms with Crippen molar-refractivity contribution in [1.29, 1.82) is 0 Å². The molecule has 90 valence electrons. The molecule has 17 heavy (non-hydrogen) atoms. The molecule has 1 aromatic heterocycles. The van der Waals surface area contributed by atoms with E-state index in [0.717, 1.165) is 27.2 Å². The van der Waals surface area contributed by atoms with Crippen LogP contribution in [0.25, 0.3) is 0 Å². The van der Waals surface area contributed by atoms with Crippen LogP contribution in [0.4, 0.5) is 5.69 Å². The number of hydrogen-bond acceptors (Lipinski definition) is 3. The van der Waals surface area contributed by atoms with Crippen molar-refractivity contribution in [3.8, 4) is 0 Å². The van der Waals surface area contributed by atoms with E-state index in [-0.39, 0.29) is 0 Å². The van der Waals surface area contributed by atoms with E-state index < -0.39 is 0 Å². The Kier molecular flexibility index (Phi) is 3.74. The molecule has 0 saturated heterocycles. The Hall–Kier alpha value is -1.000.